The molecule has 1 heterocycles. The Labute approximate surface area is 150 Å². The van der Waals surface area contributed by atoms with Crippen LogP contribution in [0.15, 0.2) is 48.0 Å². The first-order chi connectivity index (χ1) is 12.4. The number of nitrogens with one attached hydrogen (secondary N) is 2. The third-order valence-electron chi connectivity index (χ3n) is 3.84. The largest absolute Gasteiger partial charge is 0.488 e. The van der Waals surface area contributed by atoms with Crippen LogP contribution >= 0.6 is 0 Å². The molecule has 0 spiro atoms. The highest BCUT2D eigenvalue weighted by molar-refractivity contribution is 6.31. The predicted molar refractivity (Wildman–Crippen MR) is 96.3 cm³/mol. The zero-order valence-electron chi connectivity index (χ0n) is 14.5. The first-order valence-electron chi connectivity index (χ1n) is 8.10. The van der Waals surface area contributed by atoms with E-state index in [1.165, 1.54) is 6.08 Å². The van der Waals surface area contributed by atoms with E-state index in [0.29, 0.717) is 17.9 Å². The second kappa shape index (κ2) is 7.23. The molecule has 1 saturated heterocycles. The van der Waals surface area contributed by atoms with Gasteiger partial charge in [0.1, 0.15) is 17.9 Å². The number of urea groups is 1. The summed E-state index contributed by atoms with van der Waals surface area (Å²) in [5, 5.41) is 4.10. The summed E-state index contributed by atoms with van der Waals surface area (Å²) in [5.41, 5.74) is 3.76. The fraction of sp³-hybridized carbons (Fsp3) is 0.150. The highest BCUT2D eigenvalue weighted by Gasteiger charge is 2.27. The van der Waals surface area contributed by atoms with Crippen LogP contribution in [0.3, 0.4) is 0 Å². The standard InChI is InChI=1S/C20H18N2O4/c1-12-7-13(2)9-14(8-12)11-26-17-6-4-3-5-15(17)10-16-18(23)21-20(25)22-19(16)24/h3-10H,11H2,1-2H3,(H2,21,22,23,24,25). The number of barbiturate groups is 1. The molecule has 2 aromatic carbocycles. The second-order valence-electron chi connectivity index (χ2n) is 6.12. The molecule has 0 bridgehead atoms. The van der Waals surface area contributed by atoms with E-state index >= 15 is 0 Å². The van der Waals surface area contributed by atoms with Crippen molar-refractivity contribution in [1.29, 1.82) is 0 Å². The number of imide groups is 2. The summed E-state index contributed by atoms with van der Waals surface area (Å²) in [6.07, 6.45) is 1.41. The molecule has 1 aliphatic heterocycles. The van der Waals surface area contributed by atoms with Crippen LogP contribution in [0.4, 0.5) is 4.79 Å². The number of hydrogen-bond acceptors (Lipinski definition) is 4. The molecule has 0 aromatic heterocycles. The summed E-state index contributed by atoms with van der Waals surface area (Å²) in [7, 11) is 0. The van der Waals surface area contributed by atoms with Gasteiger partial charge in [-0.15, -0.1) is 0 Å². The average Bonchev–Trinajstić information content (AvgIpc) is 2.56. The number of benzene rings is 2. The van der Waals surface area contributed by atoms with Gasteiger partial charge >= 0.3 is 6.03 Å². The fourth-order valence-corrected chi connectivity index (χ4v) is 2.81. The van der Waals surface area contributed by atoms with Crippen molar-refractivity contribution in [2.24, 2.45) is 0 Å². The topological polar surface area (TPSA) is 84.5 Å². The maximum Gasteiger partial charge on any atom is 0.328 e. The molecule has 2 aromatic rings. The van der Waals surface area contributed by atoms with Crippen molar-refractivity contribution < 1.29 is 19.1 Å². The lowest BCUT2D eigenvalue weighted by Crippen LogP contribution is -2.51. The number of ether oxygens (including phenoxy) is 1. The number of aryl methyl sites for hydroxylation is 2. The van der Waals surface area contributed by atoms with Crippen molar-refractivity contribution in [2.45, 2.75) is 20.5 Å². The van der Waals surface area contributed by atoms with Crippen molar-refractivity contribution in [3.63, 3.8) is 0 Å². The number of rotatable bonds is 4. The molecule has 2 N–H and O–H groups in total. The van der Waals surface area contributed by atoms with Crippen LogP contribution in [0.25, 0.3) is 6.08 Å². The van der Waals surface area contributed by atoms with E-state index in [0.717, 1.165) is 16.7 Å². The van der Waals surface area contributed by atoms with Crippen molar-refractivity contribution in [2.75, 3.05) is 0 Å². The number of amides is 4. The lowest BCUT2D eigenvalue weighted by Gasteiger charge is -2.15. The maximum atomic E-state index is 11.9. The van der Waals surface area contributed by atoms with Crippen LogP contribution in [0.1, 0.15) is 22.3 Å². The lowest BCUT2D eigenvalue weighted by atomic mass is 10.1. The van der Waals surface area contributed by atoms with Gasteiger partial charge in [-0.3, -0.25) is 20.2 Å². The molecular formula is C20H18N2O4. The third-order valence-corrected chi connectivity index (χ3v) is 3.84. The molecule has 0 unspecified atom stereocenters. The molecule has 132 valence electrons. The van der Waals surface area contributed by atoms with Gasteiger partial charge in [-0.05, 0) is 31.6 Å². The Hall–Kier alpha value is -3.41. The molecule has 0 saturated carbocycles. The third kappa shape index (κ3) is 3.97. The van der Waals surface area contributed by atoms with E-state index in [9.17, 15) is 14.4 Å². The van der Waals surface area contributed by atoms with Gasteiger partial charge in [0, 0.05) is 5.56 Å². The van der Waals surface area contributed by atoms with E-state index in [1.807, 2.05) is 32.0 Å². The predicted octanol–water partition coefficient (Wildman–Crippen LogP) is 2.63. The Morgan fingerprint density at radius 1 is 0.923 bits per heavy atom. The number of carbonyl (C=O) groups excluding carboxylic acids is 3. The molecule has 6 heteroatoms. The van der Waals surface area contributed by atoms with Crippen LogP contribution in [-0.2, 0) is 16.2 Å². The molecule has 26 heavy (non-hydrogen) atoms. The summed E-state index contributed by atoms with van der Waals surface area (Å²) in [6, 6.07) is 12.4. The normalized spacial score (nSPS) is 13.9. The monoisotopic (exact) mass is 350 g/mol. The van der Waals surface area contributed by atoms with Gasteiger partial charge in [0.15, 0.2) is 0 Å². The molecule has 6 nitrogen and oxygen atoms in total. The van der Waals surface area contributed by atoms with Crippen molar-refractivity contribution in [3.05, 3.63) is 70.3 Å². The zero-order valence-corrected chi connectivity index (χ0v) is 14.5. The second-order valence-corrected chi connectivity index (χ2v) is 6.12. The summed E-state index contributed by atoms with van der Waals surface area (Å²) in [6.45, 7) is 4.41. The van der Waals surface area contributed by atoms with E-state index in [1.54, 1.807) is 18.2 Å². The van der Waals surface area contributed by atoms with Gasteiger partial charge < -0.3 is 4.74 Å². The highest BCUT2D eigenvalue weighted by Crippen LogP contribution is 2.23. The van der Waals surface area contributed by atoms with Crippen molar-refractivity contribution in [1.82, 2.24) is 10.6 Å². The minimum Gasteiger partial charge on any atom is -0.488 e. The minimum absolute atomic E-state index is 0.146. The summed E-state index contributed by atoms with van der Waals surface area (Å²) in [4.78, 5) is 34.9. The number of hydrogen-bond donors (Lipinski definition) is 2. The Bertz CT molecular complexity index is 889. The van der Waals surface area contributed by atoms with E-state index in [-0.39, 0.29) is 5.57 Å². The number of carbonyl (C=O) groups is 3. The Kier molecular flexibility index (Phi) is 4.84. The van der Waals surface area contributed by atoms with Gasteiger partial charge in [0.25, 0.3) is 11.8 Å². The van der Waals surface area contributed by atoms with Crippen molar-refractivity contribution >= 4 is 23.9 Å². The highest BCUT2D eigenvalue weighted by atomic mass is 16.5. The number of para-hydroxylation sites is 1. The SMILES string of the molecule is Cc1cc(C)cc(COc2ccccc2C=C2C(=O)NC(=O)NC2=O)c1. The molecule has 3 rings (SSSR count). The summed E-state index contributed by atoms with van der Waals surface area (Å²) >= 11 is 0. The molecule has 0 atom stereocenters. The van der Waals surface area contributed by atoms with Gasteiger partial charge in [0.2, 0.25) is 0 Å². The van der Waals surface area contributed by atoms with Crippen LogP contribution in [-0.4, -0.2) is 17.8 Å². The molecular weight excluding hydrogens is 332 g/mol. The Balaban J connectivity index is 1.84. The fourth-order valence-electron chi connectivity index (χ4n) is 2.81. The molecule has 4 amide bonds. The summed E-state index contributed by atoms with van der Waals surface area (Å²) in [5.74, 6) is -0.928. The molecule has 1 aliphatic rings. The van der Waals surface area contributed by atoms with Crippen LogP contribution in [0.2, 0.25) is 0 Å². The Morgan fingerprint density at radius 3 is 2.19 bits per heavy atom. The molecule has 1 fully saturated rings. The van der Waals surface area contributed by atoms with Gasteiger partial charge in [0.05, 0.1) is 0 Å². The van der Waals surface area contributed by atoms with E-state index in [2.05, 4.69) is 16.7 Å². The molecule has 0 radical (unpaired) electrons. The van der Waals surface area contributed by atoms with Gasteiger partial charge in [-0.1, -0.05) is 47.5 Å². The minimum atomic E-state index is -0.823. The maximum absolute atomic E-state index is 11.9. The molecule has 0 aliphatic carbocycles. The van der Waals surface area contributed by atoms with E-state index < -0.39 is 17.8 Å². The smallest absolute Gasteiger partial charge is 0.328 e. The van der Waals surface area contributed by atoms with Gasteiger partial charge in [-0.25, -0.2) is 4.79 Å². The first-order valence-corrected chi connectivity index (χ1v) is 8.10. The quantitative estimate of drug-likeness (QED) is 0.656. The average molecular weight is 350 g/mol. The zero-order chi connectivity index (χ0) is 18.7. The first kappa shape index (κ1) is 17.4. The van der Waals surface area contributed by atoms with Crippen LogP contribution in [0.5, 0.6) is 5.75 Å². The van der Waals surface area contributed by atoms with Gasteiger partial charge in [-0.2, -0.15) is 0 Å². The van der Waals surface area contributed by atoms with Crippen LogP contribution < -0.4 is 15.4 Å². The summed E-state index contributed by atoms with van der Waals surface area (Å²) < 4.78 is 5.89. The van der Waals surface area contributed by atoms with Crippen molar-refractivity contribution in [3.8, 4) is 5.75 Å². The Morgan fingerprint density at radius 2 is 1.54 bits per heavy atom. The lowest BCUT2D eigenvalue weighted by molar-refractivity contribution is -0.123. The van der Waals surface area contributed by atoms with E-state index in [4.69, 9.17) is 4.74 Å². The van der Waals surface area contributed by atoms with Crippen LogP contribution in [0, 0.1) is 13.8 Å².